The van der Waals surface area contributed by atoms with Crippen molar-refractivity contribution < 1.29 is 4.79 Å². The van der Waals surface area contributed by atoms with Crippen molar-refractivity contribution in [2.24, 2.45) is 0 Å². The first-order valence-electron chi connectivity index (χ1n) is 9.78. The first-order valence-corrected chi connectivity index (χ1v) is 11.1. The van der Waals surface area contributed by atoms with E-state index in [1.807, 2.05) is 47.6 Å². The van der Waals surface area contributed by atoms with Gasteiger partial charge in [0.2, 0.25) is 5.91 Å². The molecule has 0 aliphatic carbocycles. The molecule has 1 heterocycles. The molecule has 0 saturated heterocycles. The van der Waals surface area contributed by atoms with Crippen LogP contribution in [-0.2, 0) is 11.2 Å². The Balaban J connectivity index is 1.97. The Hall–Kier alpha value is -2.31. The third-order valence-electron chi connectivity index (χ3n) is 4.78. The average molecular weight is 429 g/mol. The van der Waals surface area contributed by atoms with Crippen molar-refractivity contribution in [3.05, 3.63) is 59.1 Å². The standard InChI is InChI=1S/C22H25ClN4OS/c1-4-16-7-13-19(14-8-16)27-21(17-9-11-18(23)12-10-17)24-25-22(27)29-15-20(28)26(5-2)6-3/h7-14H,4-6,15H2,1-3H3. The maximum absolute atomic E-state index is 12.5. The molecule has 0 fully saturated rings. The number of hydrogen-bond donors (Lipinski definition) is 0. The number of carbonyl (C=O) groups is 1. The lowest BCUT2D eigenvalue weighted by molar-refractivity contribution is -0.127. The van der Waals surface area contributed by atoms with Crippen LogP contribution in [-0.4, -0.2) is 44.4 Å². The van der Waals surface area contributed by atoms with E-state index in [4.69, 9.17) is 11.6 Å². The van der Waals surface area contributed by atoms with Crippen molar-refractivity contribution >= 4 is 29.3 Å². The summed E-state index contributed by atoms with van der Waals surface area (Å²) in [6.45, 7) is 7.52. The molecular weight excluding hydrogens is 404 g/mol. The summed E-state index contributed by atoms with van der Waals surface area (Å²) in [6, 6.07) is 15.9. The highest BCUT2D eigenvalue weighted by molar-refractivity contribution is 7.99. The summed E-state index contributed by atoms with van der Waals surface area (Å²) in [5.74, 6) is 1.15. The highest BCUT2D eigenvalue weighted by atomic mass is 35.5. The predicted molar refractivity (Wildman–Crippen MR) is 120 cm³/mol. The number of benzene rings is 2. The first-order chi connectivity index (χ1) is 14.1. The van der Waals surface area contributed by atoms with Gasteiger partial charge in [0.25, 0.3) is 0 Å². The van der Waals surface area contributed by atoms with Crippen LogP contribution in [0, 0.1) is 0 Å². The highest BCUT2D eigenvalue weighted by Gasteiger charge is 2.18. The minimum atomic E-state index is 0.101. The number of halogens is 1. The Morgan fingerprint density at radius 1 is 1.00 bits per heavy atom. The summed E-state index contributed by atoms with van der Waals surface area (Å²) >= 11 is 7.46. The Kier molecular flexibility index (Phi) is 7.34. The normalized spacial score (nSPS) is 10.9. The van der Waals surface area contributed by atoms with Gasteiger partial charge in [-0.05, 0) is 62.2 Å². The van der Waals surface area contributed by atoms with Crippen molar-refractivity contribution in [2.45, 2.75) is 32.3 Å². The number of aromatic nitrogens is 3. The Morgan fingerprint density at radius 2 is 1.66 bits per heavy atom. The molecule has 0 radical (unpaired) electrons. The molecule has 0 saturated carbocycles. The summed E-state index contributed by atoms with van der Waals surface area (Å²) in [5, 5.41) is 10.2. The zero-order valence-corrected chi connectivity index (χ0v) is 18.5. The summed E-state index contributed by atoms with van der Waals surface area (Å²) in [7, 11) is 0. The monoisotopic (exact) mass is 428 g/mol. The molecule has 0 unspecified atom stereocenters. The number of aryl methyl sites for hydroxylation is 1. The second-order valence-corrected chi connectivity index (χ2v) is 7.90. The molecule has 7 heteroatoms. The summed E-state index contributed by atoms with van der Waals surface area (Å²) in [5.41, 5.74) is 3.15. The molecule has 1 amide bonds. The van der Waals surface area contributed by atoms with Crippen LogP contribution in [0.25, 0.3) is 17.1 Å². The SMILES string of the molecule is CCc1ccc(-n2c(SCC(=O)N(CC)CC)nnc2-c2ccc(Cl)cc2)cc1. The van der Waals surface area contributed by atoms with E-state index in [0.29, 0.717) is 29.0 Å². The average Bonchev–Trinajstić information content (AvgIpc) is 3.17. The second-order valence-electron chi connectivity index (χ2n) is 6.52. The van der Waals surface area contributed by atoms with E-state index in [1.165, 1.54) is 17.3 Å². The van der Waals surface area contributed by atoms with Gasteiger partial charge in [-0.2, -0.15) is 0 Å². The first kappa shape index (κ1) is 21.4. The molecule has 29 heavy (non-hydrogen) atoms. The number of amides is 1. The maximum atomic E-state index is 12.5. The van der Waals surface area contributed by atoms with Gasteiger partial charge in [-0.1, -0.05) is 42.4 Å². The molecule has 0 aliphatic rings. The summed E-state index contributed by atoms with van der Waals surface area (Å²) in [4.78, 5) is 14.3. The summed E-state index contributed by atoms with van der Waals surface area (Å²) in [6.07, 6.45) is 0.979. The number of carbonyl (C=O) groups excluding carboxylic acids is 1. The number of hydrogen-bond acceptors (Lipinski definition) is 4. The quantitative estimate of drug-likeness (QED) is 0.468. The van der Waals surface area contributed by atoms with Crippen LogP contribution in [0.5, 0.6) is 0 Å². The zero-order chi connectivity index (χ0) is 20.8. The molecule has 0 N–H and O–H groups in total. The molecule has 0 bridgehead atoms. The predicted octanol–water partition coefficient (Wildman–Crippen LogP) is 5.11. The third kappa shape index (κ3) is 5.00. The molecule has 0 atom stereocenters. The van der Waals surface area contributed by atoms with Crippen molar-refractivity contribution in [3.8, 4) is 17.1 Å². The van der Waals surface area contributed by atoms with Crippen molar-refractivity contribution in [2.75, 3.05) is 18.8 Å². The largest absolute Gasteiger partial charge is 0.343 e. The van der Waals surface area contributed by atoms with E-state index in [2.05, 4.69) is 41.4 Å². The fourth-order valence-electron chi connectivity index (χ4n) is 3.06. The van der Waals surface area contributed by atoms with Gasteiger partial charge in [-0.3, -0.25) is 9.36 Å². The van der Waals surface area contributed by atoms with Gasteiger partial charge >= 0.3 is 0 Å². The summed E-state index contributed by atoms with van der Waals surface area (Å²) < 4.78 is 2.00. The van der Waals surface area contributed by atoms with E-state index >= 15 is 0 Å². The van der Waals surface area contributed by atoms with Crippen LogP contribution in [0.3, 0.4) is 0 Å². The molecule has 0 aliphatic heterocycles. The molecule has 5 nitrogen and oxygen atoms in total. The van der Waals surface area contributed by atoms with Crippen LogP contribution >= 0.6 is 23.4 Å². The Bertz CT molecular complexity index is 950. The van der Waals surface area contributed by atoms with Crippen LogP contribution in [0.4, 0.5) is 0 Å². The van der Waals surface area contributed by atoms with E-state index in [-0.39, 0.29) is 5.91 Å². The van der Waals surface area contributed by atoms with Gasteiger partial charge in [-0.15, -0.1) is 10.2 Å². The smallest absolute Gasteiger partial charge is 0.233 e. The van der Waals surface area contributed by atoms with Crippen molar-refractivity contribution in [3.63, 3.8) is 0 Å². The van der Waals surface area contributed by atoms with Crippen LogP contribution < -0.4 is 0 Å². The Morgan fingerprint density at radius 3 is 2.24 bits per heavy atom. The van der Waals surface area contributed by atoms with E-state index in [1.54, 1.807) is 0 Å². The van der Waals surface area contributed by atoms with E-state index < -0.39 is 0 Å². The molecule has 3 rings (SSSR count). The van der Waals surface area contributed by atoms with Gasteiger partial charge in [0.15, 0.2) is 11.0 Å². The van der Waals surface area contributed by atoms with Crippen molar-refractivity contribution in [1.82, 2.24) is 19.7 Å². The van der Waals surface area contributed by atoms with Gasteiger partial charge in [-0.25, -0.2) is 0 Å². The molecule has 3 aromatic rings. The molecule has 2 aromatic carbocycles. The van der Waals surface area contributed by atoms with Crippen LogP contribution in [0.15, 0.2) is 53.7 Å². The lowest BCUT2D eigenvalue weighted by Gasteiger charge is -2.18. The van der Waals surface area contributed by atoms with Gasteiger partial charge in [0.1, 0.15) is 0 Å². The Labute approximate surface area is 181 Å². The third-order valence-corrected chi connectivity index (χ3v) is 5.95. The van der Waals surface area contributed by atoms with Gasteiger partial charge < -0.3 is 4.90 Å². The van der Waals surface area contributed by atoms with Gasteiger partial charge in [0, 0.05) is 29.4 Å². The zero-order valence-electron chi connectivity index (χ0n) is 16.9. The molecule has 0 spiro atoms. The fraction of sp³-hybridized carbons (Fsp3) is 0.318. The number of thioether (sulfide) groups is 1. The fourth-order valence-corrected chi connectivity index (χ4v) is 4.04. The second kappa shape index (κ2) is 9.94. The van der Waals surface area contributed by atoms with Crippen LogP contribution in [0.2, 0.25) is 5.02 Å². The minimum Gasteiger partial charge on any atom is -0.343 e. The molecular formula is C22H25ClN4OS. The van der Waals surface area contributed by atoms with Crippen molar-refractivity contribution in [1.29, 1.82) is 0 Å². The number of nitrogens with zero attached hydrogens (tertiary/aromatic N) is 4. The molecule has 152 valence electrons. The van der Waals surface area contributed by atoms with E-state index in [9.17, 15) is 4.79 Å². The van der Waals surface area contributed by atoms with Crippen LogP contribution in [0.1, 0.15) is 26.3 Å². The molecule has 1 aromatic heterocycles. The topological polar surface area (TPSA) is 51.0 Å². The van der Waals surface area contributed by atoms with Gasteiger partial charge in [0.05, 0.1) is 5.75 Å². The highest BCUT2D eigenvalue weighted by Crippen LogP contribution is 2.29. The lowest BCUT2D eigenvalue weighted by Crippen LogP contribution is -2.31. The van der Waals surface area contributed by atoms with E-state index in [0.717, 1.165) is 23.5 Å². The number of rotatable bonds is 8. The maximum Gasteiger partial charge on any atom is 0.233 e. The lowest BCUT2D eigenvalue weighted by atomic mass is 10.1. The minimum absolute atomic E-state index is 0.101.